The SMILES string of the molecule is CCn1cncc1CNc1cc(F)ccc1C. The monoisotopic (exact) mass is 233 g/mol. The second-order valence-corrected chi connectivity index (χ2v) is 3.98. The minimum absolute atomic E-state index is 0.220. The van der Waals surface area contributed by atoms with Crippen LogP contribution in [0.1, 0.15) is 18.2 Å². The Balaban J connectivity index is 2.09. The molecule has 0 saturated carbocycles. The van der Waals surface area contributed by atoms with Crippen LogP contribution in [0.3, 0.4) is 0 Å². The summed E-state index contributed by atoms with van der Waals surface area (Å²) in [5.41, 5.74) is 2.96. The number of anilines is 1. The van der Waals surface area contributed by atoms with Crippen molar-refractivity contribution in [3.8, 4) is 0 Å². The van der Waals surface area contributed by atoms with Gasteiger partial charge in [0.2, 0.25) is 0 Å². The zero-order valence-corrected chi connectivity index (χ0v) is 10.1. The summed E-state index contributed by atoms with van der Waals surface area (Å²) in [6.45, 7) is 5.56. The van der Waals surface area contributed by atoms with Crippen molar-refractivity contribution in [2.75, 3.05) is 5.32 Å². The molecule has 0 aliphatic rings. The van der Waals surface area contributed by atoms with Crippen molar-refractivity contribution in [2.45, 2.75) is 26.9 Å². The maximum absolute atomic E-state index is 13.1. The number of rotatable bonds is 4. The van der Waals surface area contributed by atoms with Gasteiger partial charge in [-0.25, -0.2) is 9.37 Å². The Bertz CT molecular complexity index is 505. The van der Waals surface area contributed by atoms with Gasteiger partial charge in [0.05, 0.1) is 18.6 Å². The molecule has 0 bridgehead atoms. The van der Waals surface area contributed by atoms with E-state index in [4.69, 9.17) is 0 Å². The summed E-state index contributed by atoms with van der Waals surface area (Å²) in [6, 6.07) is 4.76. The van der Waals surface area contributed by atoms with Crippen molar-refractivity contribution in [2.24, 2.45) is 0 Å². The van der Waals surface area contributed by atoms with Crippen LogP contribution in [0, 0.1) is 12.7 Å². The molecule has 0 aliphatic carbocycles. The molecule has 1 aromatic carbocycles. The Hall–Kier alpha value is -1.84. The van der Waals surface area contributed by atoms with Gasteiger partial charge in [0, 0.05) is 18.4 Å². The van der Waals surface area contributed by atoms with Gasteiger partial charge in [0.15, 0.2) is 0 Å². The van der Waals surface area contributed by atoms with E-state index in [2.05, 4.69) is 21.8 Å². The maximum atomic E-state index is 13.1. The third-order valence-electron chi connectivity index (χ3n) is 2.80. The summed E-state index contributed by atoms with van der Waals surface area (Å²) in [4.78, 5) is 4.09. The summed E-state index contributed by atoms with van der Waals surface area (Å²) in [5, 5.41) is 3.23. The molecule has 2 aromatic rings. The first-order chi connectivity index (χ1) is 8.20. The highest BCUT2D eigenvalue weighted by molar-refractivity contribution is 5.50. The van der Waals surface area contributed by atoms with Crippen LogP contribution in [-0.2, 0) is 13.1 Å². The van der Waals surface area contributed by atoms with Crippen LogP contribution in [0.5, 0.6) is 0 Å². The second-order valence-electron chi connectivity index (χ2n) is 3.98. The number of imidazole rings is 1. The van der Waals surface area contributed by atoms with Crippen molar-refractivity contribution in [3.63, 3.8) is 0 Å². The minimum Gasteiger partial charge on any atom is -0.379 e. The number of nitrogens with zero attached hydrogens (tertiary/aromatic N) is 2. The van der Waals surface area contributed by atoms with E-state index in [0.29, 0.717) is 6.54 Å². The van der Waals surface area contributed by atoms with E-state index < -0.39 is 0 Å². The van der Waals surface area contributed by atoms with Gasteiger partial charge in [0.25, 0.3) is 0 Å². The van der Waals surface area contributed by atoms with Gasteiger partial charge >= 0.3 is 0 Å². The highest BCUT2D eigenvalue weighted by atomic mass is 19.1. The largest absolute Gasteiger partial charge is 0.379 e. The van der Waals surface area contributed by atoms with Crippen LogP contribution >= 0.6 is 0 Å². The van der Waals surface area contributed by atoms with Crippen molar-refractivity contribution in [1.82, 2.24) is 9.55 Å². The van der Waals surface area contributed by atoms with E-state index in [0.717, 1.165) is 23.5 Å². The predicted octanol–water partition coefficient (Wildman–Crippen LogP) is 2.96. The molecule has 0 radical (unpaired) electrons. The molecule has 0 amide bonds. The topological polar surface area (TPSA) is 29.9 Å². The molecule has 0 spiro atoms. The Kier molecular flexibility index (Phi) is 3.42. The molecule has 2 rings (SSSR count). The number of benzene rings is 1. The zero-order valence-electron chi connectivity index (χ0n) is 10.1. The lowest BCUT2D eigenvalue weighted by Gasteiger charge is -2.10. The molecule has 3 nitrogen and oxygen atoms in total. The van der Waals surface area contributed by atoms with Crippen LogP contribution in [0.25, 0.3) is 0 Å². The lowest BCUT2D eigenvalue weighted by atomic mass is 10.2. The minimum atomic E-state index is -0.220. The molecule has 1 aromatic heterocycles. The molecule has 17 heavy (non-hydrogen) atoms. The van der Waals surface area contributed by atoms with Crippen molar-refractivity contribution in [3.05, 3.63) is 47.8 Å². The molecule has 1 N–H and O–H groups in total. The molecule has 0 saturated heterocycles. The first-order valence-corrected chi connectivity index (χ1v) is 5.69. The fourth-order valence-corrected chi connectivity index (χ4v) is 1.75. The number of aromatic nitrogens is 2. The van der Waals surface area contributed by atoms with Crippen LogP contribution < -0.4 is 5.32 Å². The van der Waals surface area contributed by atoms with Crippen molar-refractivity contribution < 1.29 is 4.39 Å². The second kappa shape index (κ2) is 4.99. The first-order valence-electron chi connectivity index (χ1n) is 5.69. The molecule has 1 heterocycles. The molecule has 90 valence electrons. The number of nitrogens with one attached hydrogen (secondary N) is 1. The van der Waals surface area contributed by atoms with Crippen LogP contribution in [-0.4, -0.2) is 9.55 Å². The summed E-state index contributed by atoms with van der Waals surface area (Å²) >= 11 is 0. The van der Waals surface area contributed by atoms with E-state index in [1.54, 1.807) is 12.4 Å². The van der Waals surface area contributed by atoms with E-state index in [9.17, 15) is 4.39 Å². The highest BCUT2D eigenvalue weighted by Crippen LogP contribution is 2.16. The van der Waals surface area contributed by atoms with Gasteiger partial charge in [-0.2, -0.15) is 0 Å². The lowest BCUT2D eigenvalue weighted by molar-refractivity contribution is 0.627. The van der Waals surface area contributed by atoms with Crippen LogP contribution in [0.15, 0.2) is 30.7 Å². The predicted molar refractivity (Wildman–Crippen MR) is 66.4 cm³/mol. The summed E-state index contributed by atoms with van der Waals surface area (Å²) in [7, 11) is 0. The van der Waals surface area contributed by atoms with E-state index in [1.165, 1.54) is 12.1 Å². The van der Waals surface area contributed by atoms with E-state index in [1.807, 2.05) is 13.1 Å². The van der Waals surface area contributed by atoms with Crippen molar-refractivity contribution >= 4 is 5.69 Å². The van der Waals surface area contributed by atoms with Gasteiger partial charge < -0.3 is 9.88 Å². The third kappa shape index (κ3) is 2.64. The summed E-state index contributed by atoms with van der Waals surface area (Å²) in [6.07, 6.45) is 3.63. The normalized spacial score (nSPS) is 10.5. The van der Waals surface area contributed by atoms with Crippen molar-refractivity contribution in [1.29, 1.82) is 0 Å². The molecule has 0 atom stereocenters. The molecule has 4 heteroatoms. The average Bonchev–Trinajstić information content (AvgIpc) is 2.77. The zero-order chi connectivity index (χ0) is 12.3. The van der Waals surface area contributed by atoms with Gasteiger partial charge in [-0.3, -0.25) is 0 Å². The van der Waals surface area contributed by atoms with Gasteiger partial charge in [-0.05, 0) is 31.5 Å². The average molecular weight is 233 g/mol. The smallest absolute Gasteiger partial charge is 0.125 e. The molecule has 0 aliphatic heterocycles. The van der Waals surface area contributed by atoms with Crippen LogP contribution in [0.2, 0.25) is 0 Å². The highest BCUT2D eigenvalue weighted by Gasteiger charge is 2.03. The number of aryl methyl sites for hydroxylation is 2. The van der Waals surface area contributed by atoms with Gasteiger partial charge in [-0.15, -0.1) is 0 Å². The molecular formula is C13H16FN3. The Labute approximate surface area is 100 Å². The Morgan fingerprint density at radius 2 is 2.24 bits per heavy atom. The summed E-state index contributed by atoms with van der Waals surface area (Å²) in [5.74, 6) is -0.220. The number of hydrogen-bond acceptors (Lipinski definition) is 2. The quantitative estimate of drug-likeness (QED) is 0.879. The van der Waals surface area contributed by atoms with Crippen LogP contribution in [0.4, 0.5) is 10.1 Å². The first kappa shape index (κ1) is 11.6. The fourth-order valence-electron chi connectivity index (χ4n) is 1.75. The third-order valence-corrected chi connectivity index (χ3v) is 2.80. The Morgan fingerprint density at radius 1 is 1.41 bits per heavy atom. The maximum Gasteiger partial charge on any atom is 0.125 e. The number of hydrogen-bond donors (Lipinski definition) is 1. The summed E-state index contributed by atoms with van der Waals surface area (Å²) < 4.78 is 15.2. The molecular weight excluding hydrogens is 217 g/mol. The van der Waals surface area contributed by atoms with E-state index >= 15 is 0 Å². The van der Waals surface area contributed by atoms with Gasteiger partial charge in [-0.1, -0.05) is 6.07 Å². The molecule has 0 fully saturated rings. The fraction of sp³-hybridized carbons (Fsp3) is 0.308. The lowest BCUT2D eigenvalue weighted by Crippen LogP contribution is -2.06. The Morgan fingerprint density at radius 3 is 3.00 bits per heavy atom. The van der Waals surface area contributed by atoms with Gasteiger partial charge in [0.1, 0.15) is 5.82 Å². The van der Waals surface area contributed by atoms with E-state index in [-0.39, 0.29) is 5.82 Å². The number of halogens is 1. The molecule has 0 unspecified atom stereocenters. The standard InChI is InChI=1S/C13H16FN3/c1-3-17-9-15-7-12(17)8-16-13-6-11(14)5-4-10(13)2/h4-7,9,16H,3,8H2,1-2H3.